The Morgan fingerprint density at radius 1 is 0.870 bits per heavy atom. The highest BCUT2D eigenvalue weighted by Gasteiger charge is 2.28. The number of ether oxygens (including phenoxy) is 3. The van der Waals surface area contributed by atoms with Crippen LogP contribution in [-0.4, -0.2) is 32.2 Å². The molecule has 0 aromatic heterocycles. The van der Waals surface area contributed by atoms with E-state index in [1.807, 2.05) is 0 Å². The predicted octanol–water partition coefficient (Wildman–Crippen LogP) is 5.57. The molecule has 0 radical (unpaired) electrons. The molecule has 1 aliphatic carbocycles. The van der Waals surface area contributed by atoms with E-state index in [4.69, 9.17) is 14.2 Å². The van der Waals surface area contributed by atoms with Crippen LogP contribution >= 0.6 is 0 Å². The summed E-state index contributed by atoms with van der Waals surface area (Å²) < 4.78 is 17.9. The van der Waals surface area contributed by atoms with Gasteiger partial charge in [-0.25, -0.2) is 0 Å². The average molecular weight is 329 g/mol. The molecule has 2 atom stereocenters. The summed E-state index contributed by atoms with van der Waals surface area (Å²) in [6.07, 6.45) is 11.0. The van der Waals surface area contributed by atoms with Gasteiger partial charge < -0.3 is 14.2 Å². The summed E-state index contributed by atoms with van der Waals surface area (Å²) in [5.41, 5.74) is 0. The summed E-state index contributed by atoms with van der Waals surface area (Å²) in [7, 11) is 1.77. The van der Waals surface area contributed by atoms with E-state index in [1.54, 1.807) is 7.11 Å². The maximum atomic E-state index is 6.19. The molecular weight excluding hydrogens is 288 g/mol. The van der Waals surface area contributed by atoms with Crippen LogP contribution in [0.25, 0.3) is 0 Å². The van der Waals surface area contributed by atoms with Crippen LogP contribution in [0.4, 0.5) is 0 Å². The molecule has 0 bridgehead atoms. The molecule has 0 N–H and O–H groups in total. The maximum Gasteiger partial charge on any atom is 0.167 e. The Morgan fingerprint density at radius 2 is 1.43 bits per heavy atom. The van der Waals surface area contributed by atoms with Crippen molar-refractivity contribution in [3.05, 3.63) is 0 Å². The molecule has 0 amide bonds. The Morgan fingerprint density at radius 3 is 1.91 bits per heavy atom. The smallest absolute Gasteiger partial charge is 0.167 e. The van der Waals surface area contributed by atoms with Crippen molar-refractivity contribution in [1.82, 2.24) is 0 Å². The monoisotopic (exact) mass is 328 g/mol. The lowest BCUT2D eigenvalue weighted by molar-refractivity contribution is -0.232. The van der Waals surface area contributed by atoms with Crippen LogP contribution in [0.5, 0.6) is 0 Å². The lowest BCUT2D eigenvalue weighted by Crippen LogP contribution is -2.35. The van der Waals surface area contributed by atoms with E-state index < -0.39 is 0 Å². The summed E-state index contributed by atoms with van der Waals surface area (Å²) in [4.78, 5) is 0. The number of rotatable bonds is 11. The van der Waals surface area contributed by atoms with Crippen LogP contribution in [0.15, 0.2) is 0 Å². The fourth-order valence-electron chi connectivity index (χ4n) is 3.66. The second-order valence-corrected chi connectivity index (χ2v) is 7.15. The highest BCUT2D eigenvalue weighted by Crippen LogP contribution is 2.30. The number of hydrogen-bond donors (Lipinski definition) is 0. The van der Waals surface area contributed by atoms with E-state index >= 15 is 0 Å². The van der Waals surface area contributed by atoms with Crippen LogP contribution in [0, 0.1) is 11.8 Å². The van der Waals surface area contributed by atoms with Crippen LogP contribution in [0.3, 0.4) is 0 Å². The van der Waals surface area contributed by atoms with E-state index in [0.717, 1.165) is 44.8 Å². The zero-order valence-electron chi connectivity index (χ0n) is 16.2. The third kappa shape index (κ3) is 7.11. The van der Waals surface area contributed by atoms with Gasteiger partial charge in [0.05, 0.1) is 12.7 Å². The number of methoxy groups -OCH3 is 1. The molecule has 1 aliphatic rings. The predicted molar refractivity (Wildman–Crippen MR) is 96.7 cm³/mol. The molecule has 3 nitrogen and oxygen atoms in total. The van der Waals surface area contributed by atoms with Gasteiger partial charge in [0.15, 0.2) is 5.79 Å². The quantitative estimate of drug-likeness (QED) is 0.367. The van der Waals surface area contributed by atoms with Crippen molar-refractivity contribution in [3.8, 4) is 0 Å². The maximum absolute atomic E-state index is 6.19. The molecule has 1 fully saturated rings. The molecule has 0 heterocycles. The standard InChI is InChI=1S/C20H40O3/c1-6-19(7-2)22-15-17-11-10-12-18(14-13-17)16-23-20(8-3,9-4)21-5/h17-19H,6-16H2,1-5H3. The van der Waals surface area contributed by atoms with E-state index in [1.165, 1.54) is 32.1 Å². The van der Waals surface area contributed by atoms with E-state index in [9.17, 15) is 0 Å². The van der Waals surface area contributed by atoms with Gasteiger partial charge in [-0.15, -0.1) is 0 Å². The molecule has 0 spiro atoms. The molecule has 0 saturated heterocycles. The molecular formula is C20H40O3. The van der Waals surface area contributed by atoms with Gasteiger partial charge in [-0.3, -0.25) is 0 Å². The summed E-state index contributed by atoms with van der Waals surface area (Å²) in [5.74, 6) is 1.05. The van der Waals surface area contributed by atoms with Gasteiger partial charge in [0.25, 0.3) is 0 Å². The molecule has 0 aromatic rings. The Balaban J connectivity index is 2.34. The first-order valence-corrected chi connectivity index (χ1v) is 9.93. The Labute approximate surface area is 144 Å². The second-order valence-electron chi connectivity index (χ2n) is 7.15. The first kappa shape index (κ1) is 20.9. The minimum Gasteiger partial charge on any atom is -0.378 e. The summed E-state index contributed by atoms with van der Waals surface area (Å²) in [5, 5.41) is 0. The minimum atomic E-state index is -0.371. The van der Waals surface area contributed by atoms with Crippen molar-refractivity contribution in [1.29, 1.82) is 0 Å². The average Bonchev–Trinajstić information content (AvgIpc) is 2.83. The van der Waals surface area contributed by atoms with Gasteiger partial charge in [0.2, 0.25) is 0 Å². The van der Waals surface area contributed by atoms with E-state index in [2.05, 4.69) is 27.7 Å². The second kappa shape index (κ2) is 11.4. The third-order valence-electron chi connectivity index (χ3n) is 5.72. The lowest BCUT2D eigenvalue weighted by atomic mass is 9.99. The normalized spacial score (nSPS) is 23.2. The van der Waals surface area contributed by atoms with Crippen LogP contribution in [0.2, 0.25) is 0 Å². The summed E-state index contributed by atoms with van der Waals surface area (Å²) in [6.45, 7) is 10.5. The topological polar surface area (TPSA) is 27.7 Å². The molecule has 1 saturated carbocycles. The van der Waals surface area contributed by atoms with Crippen molar-refractivity contribution in [3.63, 3.8) is 0 Å². The molecule has 3 heteroatoms. The fourth-order valence-corrected chi connectivity index (χ4v) is 3.66. The minimum absolute atomic E-state index is 0.371. The molecule has 23 heavy (non-hydrogen) atoms. The summed E-state index contributed by atoms with van der Waals surface area (Å²) in [6, 6.07) is 0. The zero-order chi connectivity index (χ0) is 17.1. The van der Waals surface area contributed by atoms with Crippen LogP contribution < -0.4 is 0 Å². The molecule has 0 aliphatic heterocycles. The largest absolute Gasteiger partial charge is 0.378 e. The molecule has 2 unspecified atom stereocenters. The zero-order valence-corrected chi connectivity index (χ0v) is 16.2. The van der Waals surface area contributed by atoms with Gasteiger partial charge in [-0.1, -0.05) is 34.1 Å². The van der Waals surface area contributed by atoms with Gasteiger partial charge in [-0.2, -0.15) is 0 Å². The number of hydrogen-bond acceptors (Lipinski definition) is 3. The Kier molecular flexibility index (Phi) is 10.4. The lowest BCUT2D eigenvalue weighted by Gasteiger charge is -2.32. The van der Waals surface area contributed by atoms with Gasteiger partial charge in [-0.05, 0) is 63.2 Å². The molecule has 1 rings (SSSR count). The first-order chi connectivity index (χ1) is 11.1. The highest BCUT2D eigenvalue weighted by atomic mass is 16.7. The third-order valence-corrected chi connectivity index (χ3v) is 5.72. The van der Waals surface area contributed by atoms with Gasteiger partial charge >= 0.3 is 0 Å². The van der Waals surface area contributed by atoms with Crippen molar-refractivity contribution >= 4 is 0 Å². The van der Waals surface area contributed by atoms with E-state index in [0.29, 0.717) is 12.0 Å². The fraction of sp³-hybridized carbons (Fsp3) is 1.00. The Bertz CT molecular complexity index is 276. The van der Waals surface area contributed by atoms with Crippen LogP contribution in [-0.2, 0) is 14.2 Å². The van der Waals surface area contributed by atoms with Gasteiger partial charge in [0, 0.05) is 13.7 Å². The Hall–Kier alpha value is -0.120. The van der Waals surface area contributed by atoms with E-state index in [-0.39, 0.29) is 5.79 Å². The van der Waals surface area contributed by atoms with Crippen molar-refractivity contribution in [2.45, 2.75) is 97.4 Å². The van der Waals surface area contributed by atoms with Crippen LogP contribution in [0.1, 0.15) is 85.5 Å². The summed E-state index contributed by atoms with van der Waals surface area (Å²) >= 11 is 0. The van der Waals surface area contributed by atoms with Crippen molar-refractivity contribution < 1.29 is 14.2 Å². The SMILES string of the molecule is CCC(CC)OCC1CCCC(COC(CC)(CC)OC)CC1. The molecule has 0 aromatic carbocycles. The van der Waals surface area contributed by atoms with Crippen molar-refractivity contribution in [2.75, 3.05) is 20.3 Å². The molecule has 138 valence electrons. The first-order valence-electron chi connectivity index (χ1n) is 9.93. The van der Waals surface area contributed by atoms with Gasteiger partial charge in [0.1, 0.15) is 0 Å². The highest BCUT2D eigenvalue weighted by molar-refractivity contribution is 4.73. The van der Waals surface area contributed by atoms with Crippen molar-refractivity contribution in [2.24, 2.45) is 11.8 Å².